The average Bonchev–Trinajstić information content (AvgIpc) is 2.89. The molecule has 1 aliphatic heterocycles. The fourth-order valence-corrected chi connectivity index (χ4v) is 4.69. The summed E-state index contributed by atoms with van der Waals surface area (Å²) in [6, 6.07) is 12.5. The quantitative estimate of drug-likeness (QED) is 0.843. The smallest absolute Gasteiger partial charge is 0.256 e. The van der Waals surface area contributed by atoms with Gasteiger partial charge < -0.3 is 5.32 Å². The average molecular weight is 409 g/mol. The number of sulfonamides is 1. The van der Waals surface area contributed by atoms with Crippen LogP contribution in [0.25, 0.3) is 0 Å². The van der Waals surface area contributed by atoms with Gasteiger partial charge in [-0.15, -0.1) is 0 Å². The van der Waals surface area contributed by atoms with E-state index in [2.05, 4.69) is 21.2 Å². The highest BCUT2D eigenvalue weighted by Gasteiger charge is 2.28. The summed E-state index contributed by atoms with van der Waals surface area (Å²) in [7, 11) is -3.24. The molecule has 2 aromatic rings. The van der Waals surface area contributed by atoms with Crippen molar-refractivity contribution in [1.82, 2.24) is 0 Å². The molecule has 7 heteroatoms. The van der Waals surface area contributed by atoms with Crippen LogP contribution in [-0.4, -0.2) is 26.6 Å². The summed E-state index contributed by atoms with van der Waals surface area (Å²) in [4.78, 5) is 12.5. The summed E-state index contributed by atoms with van der Waals surface area (Å²) in [5, 5.41) is 2.87. The molecule has 1 fully saturated rings. The molecule has 126 valence electrons. The molecule has 0 saturated carbocycles. The second kappa shape index (κ2) is 6.57. The van der Waals surface area contributed by atoms with Crippen LogP contribution in [0.1, 0.15) is 22.3 Å². The monoisotopic (exact) mass is 408 g/mol. The Bertz CT molecular complexity index is 896. The van der Waals surface area contributed by atoms with E-state index in [0.29, 0.717) is 34.4 Å². The Hall–Kier alpha value is -1.86. The van der Waals surface area contributed by atoms with Crippen molar-refractivity contribution in [3.05, 3.63) is 58.1 Å². The Labute approximate surface area is 149 Å². The van der Waals surface area contributed by atoms with Gasteiger partial charge in [-0.3, -0.25) is 9.10 Å². The summed E-state index contributed by atoms with van der Waals surface area (Å²) < 4.78 is 26.3. The minimum Gasteiger partial charge on any atom is -0.322 e. The molecule has 1 amide bonds. The first-order valence-electron chi connectivity index (χ1n) is 7.55. The SMILES string of the molecule is Cc1ccc(N2CCCS2(=O)=O)cc1NC(=O)c1ccccc1Br. The van der Waals surface area contributed by atoms with Gasteiger partial charge in [-0.25, -0.2) is 8.42 Å². The Morgan fingerprint density at radius 2 is 1.96 bits per heavy atom. The van der Waals surface area contributed by atoms with Gasteiger partial charge in [0.05, 0.1) is 17.0 Å². The van der Waals surface area contributed by atoms with Crippen molar-refractivity contribution in [2.24, 2.45) is 0 Å². The molecule has 3 rings (SSSR count). The summed E-state index contributed by atoms with van der Waals surface area (Å²) in [5.41, 5.74) is 2.59. The highest BCUT2D eigenvalue weighted by Crippen LogP contribution is 2.29. The van der Waals surface area contributed by atoms with Crippen LogP contribution in [0.5, 0.6) is 0 Å². The third-order valence-corrected chi connectivity index (χ3v) is 6.54. The number of amides is 1. The second-order valence-corrected chi connectivity index (χ2v) is 8.54. The van der Waals surface area contributed by atoms with E-state index in [4.69, 9.17) is 0 Å². The normalized spacial score (nSPS) is 16.2. The van der Waals surface area contributed by atoms with Gasteiger partial charge in [0.15, 0.2) is 0 Å². The van der Waals surface area contributed by atoms with Crippen LogP contribution in [0.4, 0.5) is 11.4 Å². The van der Waals surface area contributed by atoms with E-state index in [1.807, 2.05) is 19.1 Å². The molecule has 0 aliphatic carbocycles. The molecule has 24 heavy (non-hydrogen) atoms. The predicted molar refractivity (Wildman–Crippen MR) is 99.0 cm³/mol. The van der Waals surface area contributed by atoms with Crippen molar-refractivity contribution in [2.75, 3.05) is 21.9 Å². The van der Waals surface area contributed by atoms with E-state index in [1.165, 1.54) is 4.31 Å². The first-order chi connectivity index (χ1) is 11.4. The van der Waals surface area contributed by atoms with Gasteiger partial charge in [0.25, 0.3) is 5.91 Å². The third kappa shape index (κ3) is 3.32. The number of anilines is 2. The molecular formula is C17H17BrN2O3S. The van der Waals surface area contributed by atoms with E-state index in [0.717, 1.165) is 5.56 Å². The van der Waals surface area contributed by atoms with Gasteiger partial charge in [-0.2, -0.15) is 0 Å². The first kappa shape index (κ1) is 17.0. The van der Waals surface area contributed by atoms with Crippen molar-refractivity contribution >= 4 is 43.2 Å². The molecule has 0 radical (unpaired) electrons. The molecular weight excluding hydrogens is 392 g/mol. The summed E-state index contributed by atoms with van der Waals surface area (Å²) in [5.74, 6) is -0.0773. The van der Waals surface area contributed by atoms with Crippen LogP contribution in [0, 0.1) is 6.92 Å². The fraction of sp³-hybridized carbons (Fsp3) is 0.235. The van der Waals surface area contributed by atoms with E-state index in [9.17, 15) is 13.2 Å². The highest BCUT2D eigenvalue weighted by atomic mass is 79.9. The van der Waals surface area contributed by atoms with Gasteiger partial charge in [0.1, 0.15) is 0 Å². The lowest BCUT2D eigenvalue weighted by Crippen LogP contribution is -2.25. The summed E-state index contributed by atoms with van der Waals surface area (Å²) in [6.07, 6.45) is 0.620. The van der Waals surface area contributed by atoms with Crippen molar-refractivity contribution in [3.63, 3.8) is 0 Å². The molecule has 1 heterocycles. The predicted octanol–water partition coefficient (Wildman–Crippen LogP) is 3.55. The number of rotatable bonds is 3. The number of nitrogens with one attached hydrogen (secondary N) is 1. The van der Waals surface area contributed by atoms with Crippen LogP contribution in [0.2, 0.25) is 0 Å². The summed E-state index contributed by atoms with van der Waals surface area (Å²) >= 11 is 3.36. The van der Waals surface area contributed by atoms with Crippen molar-refractivity contribution in [3.8, 4) is 0 Å². The maximum absolute atomic E-state index is 12.5. The van der Waals surface area contributed by atoms with E-state index in [1.54, 1.807) is 30.3 Å². The molecule has 0 spiro atoms. The molecule has 0 unspecified atom stereocenters. The fourth-order valence-electron chi connectivity index (χ4n) is 2.66. The third-order valence-electron chi connectivity index (χ3n) is 3.98. The number of aryl methyl sites for hydroxylation is 1. The zero-order valence-electron chi connectivity index (χ0n) is 13.1. The lowest BCUT2D eigenvalue weighted by Gasteiger charge is -2.19. The second-order valence-electron chi connectivity index (χ2n) is 5.67. The lowest BCUT2D eigenvalue weighted by molar-refractivity contribution is 0.102. The molecule has 1 N–H and O–H groups in total. The van der Waals surface area contributed by atoms with Crippen LogP contribution >= 0.6 is 15.9 Å². The number of nitrogens with zero attached hydrogens (tertiary/aromatic N) is 1. The van der Waals surface area contributed by atoms with Crippen molar-refractivity contribution < 1.29 is 13.2 Å². The Morgan fingerprint density at radius 3 is 2.62 bits per heavy atom. The van der Waals surface area contributed by atoms with Crippen LogP contribution < -0.4 is 9.62 Å². The minimum atomic E-state index is -3.24. The largest absolute Gasteiger partial charge is 0.322 e. The maximum atomic E-state index is 12.5. The molecule has 1 saturated heterocycles. The van der Waals surface area contributed by atoms with Gasteiger partial charge >= 0.3 is 0 Å². The number of carbonyl (C=O) groups is 1. The van der Waals surface area contributed by atoms with Crippen LogP contribution in [0.3, 0.4) is 0 Å². The van der Waals surface area contributed by atoms with Crippen LogP contribution in [-0.2, 0) is 10.0 Å². The van der Waals surface area contributed by atoms with E-state index < -0.39 is 10.0 Å². The number of carbonyl (C=O) groups excluding carboxylic acids is 1. The Kier molecular flexibility index (Phi) is 4.64. The molecule has 2 aromatic carbocycles. The number of hydrogen-bond donors (Lipinski definition) is 1. The van der Waals surface area contributed by atoms with Gasteiger partial charge in [0, 0.05) is 16.7 Å². The Balaban J connectivity index is 1.90. The highest BCUT2D eigenvalue weighted by molar-refractivity contribution is 9.10. The van der Waals surface area contributed by atoms with Crippen molar-refractivity contribution in [1.29, 1.82) is 0 Å². The van der Waals surface area contributed by atoms with Gasteiger partial charge in [-0.1, -0.05) is 18.2 Å². The van der Waals surface area contributed by atoms with E-state index >= 15 is 0 Å². The molecule has 0 bridgehead atoms. The molecule has 5 nitrogen and oxygen atoms in total. The van der Waals surface area contributed by atoms with Crippen molar-refractivity contribution in [2.45, 2.75) is 13.3 Å². The lowest BCUT2D eigenvalue weighted by atomic mass is 10.1. The van der Waals surface area contributed by atoms with Crippen LogP contribution in [0.15, 0.2) is 46.9 Å². The number of benzene rings is 2. The molecule has 0 aromatic heterocycles. The topological polar surface area (TPSA) is 66.5 Å². The zero-order chi connectivity index (χ0) is 17.3. The standard InChI is InChI=1S/C17H17BrN2O3S/c1-12-7-8-13(20-9-4-10-24(20,22)23)11-16(12)19-17(21)14-5-2-3-6-15(14)18/h2-3,5-8,11H,4,9-10H2,1H3,(H,19,21). The van der Waals surface area contributed by atoms with E-state index in [-0.39, 0.29) is 11.7 Å². The maximum Gasteiger partial charge on any atom is 0.256 e. The minimum absolute atomic E-state index is 0.166. The van der Waals surface area contributed by atoms with Gasteiger partial charge in [-0.05, 0) is 59.1 Å². The zero-order valence-corrected chi connectivity index (χ0v) is 15.5. The first-order valence-corrected chi connectivity index (χ1v) is 9.96. The Morgan fingerprint density at radius 1 is 1.21 bits per heavy atom. The molecule has 1 aliphatic rings. The number of halogens is 1. The number of hydrogen-bond acceptors (Lipinski definition) is 3. The summed E-state index contributed by atoms with van der Waals surface area (Å²) in [6.45, 7) is 2.35. The molecule has 0 atom stereocenters. The van der Waals surface area contributed by atoms with Gasteiger partial charge in [0.2, 0.25) is 10.0 Å².